The molecule has 9 heteroatoms. The molecule has 0 unspecified atom stereocenters. The van der Waals surface area contributed by atoms with Gasteiger partial charge in [-0.1, -0.05) is 54.1 Å². The number of hydrogen-bond donors (Lipinski definition) is 1. The third-order valence-corrected chi connectivity index (χ3v) is 8.12. The number of hydrogen-bond acceptors (Lipinski definition) is 4. The highest BCUT2D eigenvalue weighted by Crippen LogP contribution is 2.29. The zero-order chi connectivity index (χ0) is 26.5. The van der Waals surface area contributed by atoms with Crippen LogP contribution in [0.15, 0.2) is 77.7 Å². The lowest BCUT2D eigenvalue weighted by Crippen LogP contribution is -2.50. The van der Waals surface area contributed by atoms with Gasteiger partial charge in [0.2, 0.25) is 11.8 Å². The molecule has 1 atom stereocenters. The smallest absolute Gasteiger partial charge is 0.264 e. The van der Waals surface area contributed by atoms with Gasteiger partial charge >= 0.3 is 0 Å². The minimum atomic E-state index is -4.09. The predicted octanol–water partition coefficient (Wildman–Crippen LogP) is 4.32. The van der Waals surface area contributed by atoms with Gasteiger partial charge in [0.05, 0.1) is 10.6 Å². The minimum absolute atomic E-state index is 0.0689. The summed E-state index contributed by atoms with van der Waals surface area (Å²) in [6.45, 7) is 4.91. The van der Waals surface area contributed by atoms with Gasteiger partial charge in [0.1, 0.15) is 12.6 Å². The molecule has 0 fully saturated rings. The molecule has 0 radical (unpaired) electrons. The molecule has 0 aliphatic carbocycles. The second-order valence-electron chi connectivity index (χ2n) is 8.49. The van der Waals surface area contributed by atoms with Crippen LogP contribution < -0.4 is 9.62 Å². The molecule has 36 heavy (non-hydrogen) atoms. The van der Waals surface area contributed by atoms with E-state index in [0.717, 1.165) is 21.0 Å². The van der Waals surface area contributed by atoms with Gasteiger partial charge in [0, 0.05) is 18.6 Å². The Balaban J connectivity index is 2.07. The van der Waals surface area contributed by atoms with Crippen LogP contribution in [0.4, 0.5) is 5.69 Å². The first-order valence-electron chi connectivity index (χ1n) is 11.5. The van der Waals surface area contributed by atoms with E-state index in [1.807, 2.05) is 19.9 Å². The molecule has 2 amide bonds. The van der Waals surface area contributed by atoms with Crippen molar-refractivity contribution >= 4 is 39.1 Å². The standard InChI is InChI=1S/C27H30ClN3O4S/c1-19-10-8-15-25(20(19)2)31(36(34,35)24-13-6-5-7-14-24)18-26(32)30(21(3)27(33)29-4)17-22-11-9-12-23(28)16-22/h5-16,21H,17-18H2,1-4H3,(H,29,33)/t21-/m1/s1. The Morgan fingerprint density at radius 3 is 2.28 bits per heavy atom. The highest BCUT2D eigenvalue weighted by molar-refractivity contribution is 7.92. The van der Waals surface area contributed by atoms with Crippen LogP contribution in [0.25, 0.3) is 0 Å². The van der Waals surface area contributed by atoms with Crippen molar-refractivity contribution in [3.8, 4) is 0 Å². The van der Waals surface area contributed by atoms with Gasteiger partial charge in [0.25, 0.3) is 10.0 Å². The van der Waals surface area contributed by atoms with Crippen molar-refractivity contribution < 1.29 is 18.0 Å². The Labute approximate surface area is 217 Å². The molecule has 3 rings (SSSR count). The Kier molecular flexibility index (Phi) is 8.76. The number of amides is 2. The van der Waals surface area contributed by atoms with Gasteiger partial charge in [-0.25, -0.2) is 8.42 Å². The van der Waals surface area contributed by atoms with Crippen LogP contribution in [-0.2, 0) is 26.2 Å². The number of halogens is 1. The van der Waals surface area contributed by atoms with E-state index in [4.69, 9.17) is 11.6 Å². The van der Waals surface area contributed by atoms with Crippen LogP contribution in [0.1, 0.15) is 23.6 Å². The molecule has 0 aliphatic heterocycles. The number of sulfonamides is 1. The van der Waals surface area contributed by atoms with Gasteiger partial charge in [-0.3, -0.25) is 13.9 Å². The molecule has 0 aromatic heterocycles. The van der Waals surface area contributed by atoms with Crippen molar-refractivity contribution in [2.75, 3.05) is 17.9 Å². The van der Waals surface area contributed by atoms with Gasteiger partial charge in [-0.2, -0.15) is 0 Å². The topological polar surface area (TPSA) is 86.8 Å². The number of carbonyl (C=O) groups excluding carboxylic acids is 2. The van der Waals surface area contributed by atoms with Crippen molar-refractivity contribution in [3.05, 3.63) is 94.5 Å². The molecule has 0 bridgehead atoms. The van der Waals surface area contributed by atoms with E-state index in [1.54, 1.807) is 61.5 Å². The molecule has 0 saturated heterocycles. The van der Waals surface area contributed by atoms with E-state index in [-0.39, 0.29) is 17.3 Å². The third-order valence-electron chi connectivity index (χ3n) is 6.11. The molecule has 190 valence electrons. The lowest BCUT2D eigenvalue weighted by molar-refractivity contribution is -0.139. The zero-order valence-corrected chi connectivity index (χ0v) is 22.3. The highest BCUT2D eigenvalue weighted by atomic mass is 35.5. The van der Waals surface area contributed by atoms with Crippen LogP contribution in [0.2, 0.25) is 5.02 Å². The molecule has 7 nitrogen and oxygen atoms in total. The first kappa shape index (κ1) is 27.2. The minimum Gasteiger partial charge on any atom is -0.357 e. The SMILES string of the molecule is CNC(=O)[C@@H](C)N(Cc1cccc(Cl)c1)C(=O)CN(c1cccc(C)c1C)S(=O)(=O)c1ccccc1. The fourth-order valence-electron chi connectivity index (χ4n) is 3.86. The molecular weight excluding hydrogens is 498 g/mol. The summed E-state index contributed by atoms with van der Waals surface area (Å²) >= 11 is 6.13. The maximum absolute atomic E-state index is 13.8. The highest BCUT2D eigenvalue weighted by Gasteiger charge is 2.33. The number of carbonyl (C=O) groups is 2. The first-order chi connectivity index (χ1) is 17.1. The first-order valence-corrected chi connectivity index (χ1v) is 13.3. The molecule has 1 N–H and O–H groups in total. The summed E-state index contributed by atoms with van der Waals surface area (Å²) in [7, 11) is -2.60. The van der Waals surface area contributed by atoms with E-state index < -0.39 is 28.5 Å². The van der Waals surface area contributed by atoms with Gasteiger partial charge < -0.3 is 10.2 Å². The summed E-state index contributed by atoms with van der Waals surface area (Å²) in [5.41, 5.74) is 2.76. The molecular formula is C27H30ClN3O4S. The largest absolute Gasteiger partial charge is 0.357 e. The fraction of sp³-hybridized carbons (Fsp3) is 0.259. The summed E-state index contributed by atoms with van der Waals surface area (Å²) in [5.74, 6) is -0.888. The zero-order valence-electron chi connectivity index (χ0n) is 20.7. The summed E-state index contributed by atoms with van der Waals surface area (Å²) < 4.78 is 28.7. The Hall–Kier alpha value is -3.36. The molecule has 0 spiro atoms. The molecule has 0 aliphatic rings. The van der Waals surface area contributed by atoms with E-state index >= 15 is 0 Å². The van der Waals surface area contributed by atoms with Crippen molar-refractivity contribution in [2.45, 2.75) is 38.3 Å². The van der Waals surface area contributed by atoms with Crippen LogP contribution in [-0.4, -0.2) is 44.8 Å². The number of benzene rings is 3. The summed E-state index contributed by atoms with van der Waals surface area (Å²) in [6, 6.07) is 19.4. The van der Waals surface area contributed by atoms with E-state index in [9.17, 15) is 18.0 Å². The number of aryl methyl sites for hydroxylation is 1. The number of nitrogens with one attached hydrogen (secondary N) is 1. The molecule has 3 aromatic carbocycles. The number of rotatable bonds is 9. The summed E-state index contributed by atoms with van der Waals surface area (Å²) in [6.07, 6.45) is 0. The maximum atomic E-state index is 13.8. The van der Waals surface area contributed by atoms with E-state index in [1.165, 1.54) is 24.1 Å². The van der Waals surface area contributed by atoms with Crippen LogP contribution in [0, 0.1) is 13.8 Å². The van der Waals surface area contributed by atoms with Crippen molar-refractivity contribution in [3.63, 3.8) is 0 Å². The average molecular weight is 528 g/mol. The van der Waals surface area contributed by atoms with Gasteiger partial charge in [-0.15, -0.1) is 0 Å². The lowest BCUT2D eigenvalue weighted by atomic mass is 10.1. The second kappa shape index (κ2) is 11.6. The Morgan fingerprint density at radius 1 is 0.972 bits per heavy atom. The van der Waals surface area contributed by atoms with Crippen LogP contribution in [0.3, 0.4) is 0 Å². The van der Waals surface area contributed by atoms with Crippen molar-refractivity contribution in [1.82, 2.24) is 10.2 Å². The average Bonchev–Trinajstić information content (AvgIpc) is 2.87. The van der Waals surface area contributed by atoms with Gasteiger partial charge in [-0.05, 0) is 67.8 Å². The molecule has 0 saturated carbocycles. The van der Waals surface area contributed by atoms with E-state index in [0.29, 0.717) is 10.7 Å². The number of likely N-dealkylation sites (N-methyl/N-ethyl adjacent to an activating group) is 1. The van der Waals surface area contributed by atoms with Crippen molar-refractivity contribution in [1.29, 1.82) is 0 Å². The quantitative estimate of drug-likeness (QED) is 0.449. The monoisotopic (exact) mass is 527 g/mol. The Bertz CT molecular complexity index is 1350. The van der Waals surface area contributed by atoms with Crippen molar-refractivity contribution in [2.24, 2.45) is 0 Å². The normalized spacial score (nSPS) is 12.0. The Morgan fingerprint density at radius 2 is 1.64 bits per heavy atom. The number of nitrogens with zero attached hydrogens (tertiary/aromatic N) is 2. The predicted molar refractivity (Wildman–Crippen MR) is 142 cm³/mol. The van der Waals surface area contributed by atoms with Gasteiger partial charge in [0.15, 0.2) is 0 Å². The molecule has 0 heterocycles. The number of anilines is 1. The lowest BCUT2D eigenvalue weighted by Gasteiger charge is -2.32. The maximum Gasteiger partial charge on any atom is 0.264 e. The molecule has 3 aromatic rings. The van der Waals surface area contributed by atoms with Crippen LogP contribution >= 0.6 is 11.6 Å². The third kappa shape index (κ3) is 6.06. The summed E-state index contributed by atoms with van der Waals surface area (Å²) in [4.78, 5) is 27.7. The fourth-order valence-corrected chi connectivity index (χ4v) is 5.57. The van der Waals surface area contributed by atoms with Crippen LogP contribution in [0.5, 0.6) is 0 Å². The van der Waals surface area contributed by atoms with E-state index in [2.05, 4.69) is 5.32 Å². The summed E-state index contributed by atoms with van der Waals surface area (Å²) in [5, 5.41) is 3.06. The second-order valence-corrected chi connectivity index (χ2v) is 10.8.